The summed E-state index contributed by atoms with van der Waals surface area (Å²) >= 11 is 0. The van der Waals surface area contributed by atoms with Crippen LogP contribution >= 0.6 is 0 Å². The maximum atomic E-state index is 12.5. The molecule has 0 saturated heterocycles. The molecule has 0 N–H and O–H groups in total. The molecule has 3 aliphatic carbocycles. The van der Waals surface area contributed by atoms with Crippen LogP contribution in [0, 0.1) is 0 Å². The molecule has 1 heterocycles. The van der Waals surface area contributed by atoms with Gasteiger partial charge >= 0.3 is 0 Å². The van der Waals surface area contributed by atoms with Crippen LogP contribution < -0.4 is 0 Å². The van der Waals surface area contributed by atoms with Crippen LogP contribution in [-0.4, -0.2) is 13.2 Å². The van der Waals surface area contributed by atoms with Crippen molar-refractivity contribution < 1.29 is 8.42 Å². The van der Waals surface area contributed by atoms with Crippen LogP contribution in [0.3, 0.4) is 0 Å². The Hall–Kier alpha value is -1.87. The van der Waals surface area contributed by atoms with E-state index >= 15 is 0 Å². The van der Waals surface area contributed by atoms with Crippen molar-refractivity contribution in [3.8, 4) is 0 Å². The molecule has 104 valence electrons. The molecule has 21 heavy (non-hydrogen) atoms. The quantitative estimate of drug-likeness (QED) is 0.746. The van der Waals surface area contributed by atoms with Gasteiger partial charge in [-0.2, -0.15) is 0 Å². The maximum absolute atomic E-state index is 12.5. The third-order valence-corrected chi connectivity index (χ3v) is 7.53. The highest BCUT2D eigenvalue weighted by Crippen LogP contribution is 2.62. The Bertz CT molecular complexity index is 863. The SMILES string of the molecule is O=S1(=O)C=CC12CC1c3ccccc3C2c2ccccc21. The van der Waals surface area contributed by atoms with Crippen LogP contribution in [0.5, 0.6) is 0 Å². The van der Waals surface area contributed by atoms with Crippen molar-refractivity contribution in [3.63, 3.8) is 0 Å². The van der Waals surface area contributed by atoms with Crippen molar-refractivity contribution in [2.45, 2.75) is 23.0 Å². The number of sulfone groups is 1. The Kier molecular flexibility index (Phi) is 1.94. The Balaban J connectivity index is 1.90. The third-order valence-electron chi connectivity index (χ3n) is 5.44. The van der Waals surface area contributed by atoms with Crippen molar-refractivity contribution >= 4 is 9.84 Å². The van der Waals surface area contributed by atoms with E-state index in [1.165, 1.54) is 27.7 Å². The lowest BCUT2D eigenvalue weighted by atomic mass is 9.58. The molecule has 2 aromatic rings. The fourth-order valence-corrected chi connectivity index (χ4v) is 6.19. The van der Waals surface area contributed by atoms with Gasteiger partial charge in [-0.05, 0) is 28.7 Å². The van der Waals surface area contributed by atoms with E-state index in [1.807, 2.05) is 18.2 Å². The summed E-state index contributed by atoms with van der Waals surface area (Å²) in [7, 11) is -3.14. The molecule has 0 fully saturated rings. The fraction of sp³-hybridized carbons (Fsp3) is 0.222. The Labute approximate surface area is 124 Å². The van der Waals surface area contributed by atoms with Crippen LogP contribution in [0.15, 0.2) is 60.0 Å². The van der Waals surface area contributed by atoms with Gasteiger partial charge in [0.25, 0.3) is 0 Å². The Morgan fingerprint density at radius 1 is 0.857 bits per heavy atom. The van der Waals surface area contributed by atoms with Crippen LogP contribution in [0.2, 0.25) is 0 Å². The summed E-state index contributed by atoms with van der Waals surface area (Å²) in [6.45, 7) is 0. The van der Waals surface area contributed by atoms with Gasteiger partial charge < -0.3 is 0 Å². The highest BCUT2D eigenvalue weighted by molar-refractivity contribution is 7.97. The van der Waals surface area contributed by atoms with Gasteiger partial charge in [0.15, 0.2) is 9.84 Å². The van der Waals surface area contributed by atoms with E-state index in [2.05, 4.69) is 36.4 Å². The number of rotatable bonds is 0. The molecular formula is C18H14O2S. The second-order valence-electron chi connectivity index (χ2n) is 6.25. The van der Waals surface area contributed by atoms with Crippen molar-refractivity contribution in [1.29, 1.82) is 0 Å². The minimum atomic E-state index is -3.14. The molecule has 2 aromatic carbocycles. The first-order chi connectivity index (χ1) is 10.1. The van der Waals surface area contributed by atoms with Crippen molar-refractivity contribution in [2.24, 2.45) is 0 Å². The van der Waals surface area contributed by atoms with E-state index in [-0.39, 0.29) is 11.8 Å². The topological polar surface area (TPSA) is 34.1 Å². The molecule has 1 unspecified atom stereocenters. The Morgan fingerprint density at radius 2 is 1.38 bits per heavy atom. The number of benzene rings is 2. The highest BCUT2D eigenvalue weighted by atomic mass is 32.2. The summed E-state index contributed by atoms with van der Waals surface area (Å²) in [6.07, 6.45) is 2.61. The molecule has 0 aromatic heterocycles. The summed E-state index contributed by atoms with van der Waals surface area (Å²) < 4.78 is 24.3. The summed E-state index contributed by atoms with van der Waals surface area (Å²) in [4.78, 5) is 0. The van der Waals surface area contributed by atoms with E-state index in [0.717, 1.165) is 0 Å². The van der Waals surface area contributed by atoms with E-state index < -0.39 is 14.6 Å². The Morgan fingerprint density at radius 3 is 1.81 bits per heavy atom. The van der Waals surface area contributed by atoms with E-state index in [0.29, 0.717) is 6.42 Å². The smallest absolute Gasteiger partial charge is 0.181 e. The maximum Gasteiger partial charge on any atom is 0.181 e. The van der Waals surface area contributed by atoms with Crippen molar-refractivity contribution in [1.82, 2.24) is 0 Å². The second kappa shape index (κ2) is 3.47. The summed E-state index contributed by atoms with van der Waals surface area (Å²) in [6, 6.07) is 16.7. The van der Waals surface area contributed by atoms with Gasteiger partial charge in [-0.3, -0.25) is 0 Å². The molecule has 1 spiro atoms. The molecule has 3 heteroatoms. The first-order valence-electron chi connectivity index (χ1n) is 7.26. The molecule has 0 saturated carbocycles. The molecule has 0 radical (unpaired) electrons. The largest absolute Gasteiger partial charge is 0.223 e. The molecule has 2 bridgehead atoms. The zero-order valence-corrected chi connectivity index (χ0v) is 12.2. The summed E-state index contributed by atoms with van der Waals surface area (Å²) in [5.74, 6) is 0.145. The molecule has 6 rings (SSSR count). The number of hydrogen-bond donors (Lipinski definition) is 0. The average molecular weight is 294 g/mol. The van der Waals surface area contributed by atoms with Crippen LogP contribution in [0.25, 0.3) is 0 Å². The fourth-order valence-electron chi connectivity index (χ4n) is 4.50. The third kappa shape index (κ3) is 1.18. The zero-order valence-electron chi connectivity index (χ0n) is 11.4. The first kappa shape index (κ1) is 11.8. The molecule has 1 aliphatic heterocycles. The molecule has 2 nitrogen and oxygen atoms in total. The lowest BCUT2D eigenvalue weighted by Gasteiger charge is -2.53. The average Bonchev–Trinajstić information content (AvgIpc) is 2.54. The first-order valence-corrected chi connectivity index (χ1v) is 8.80. The predicted octanol–water partition coefficient (Wildman–Crippen LogP) is 3.35. The zero-order chi connectivity index (χ0) is 14.2. The standard InChI is InChI=1S/C18H14O2S/c19-21(20)10-9-18(21)11-16-12-5-1-3-7-14(12)17(18)15-8-4-2-6-13(15)16/h1-10,16-17H,11H2. The van der Waals surface area contributed by atoms with Gasteiger partial charge in [-0.1, -0.05) is 54.6 Å². The van der Waals surface area contributed by atoms with Crippen LogP contribution in [-0.2, 0) is 9.84 Å². The minimum absolute atomic E-state index is 0.0510. The van der Waals surface area contributed by atoms with Gasteiger partial charge in [-0.25, -0.2) is 8.42 Å². The predicted molar refractivity (Wildman–Crippen MR) is 82.0 cm³/mol. The van der Waals surface area contributed by atoms with E-state index in [1.54, 1.807) is 0 Å². The van der Waals surface area contributed by atoms with Gasteiger partial charge in [0.05, 0.1) is 0 Å². The van der Waals surface area contributed by atoms with Crippen molar-refractivity contribution in [3.05, 3.63) is 82.3 Å². The lowest BCUT2D eigenvalue weighted by Crippen LogP contribution is -2.54. The minimum Gasteiger partial charge on any atom is -0.223 e. The van der Waals surface area contributed by atoms with Crippen molar-refractivity contribution in [2.75, 3.05) is 0 Å². The van der Waals surface area contributed by atoms with Crippen LogP contribution in [0.4, 0.5) is 0 Å². The summed E-state index contributed by atoms with van der Waals surface area (Å²) in [5, 5.41) is 1.39. The monoisotopic (exact) mass is 294 g/mol. The number of hydrogen-bond acceptors (Lipinski definition) is 2. The molecule has 0 amide bonds. The molecule has 4 aliphatic rings. The lowest BCUT2D eigenvalue weighted by molar-refractivity contribution is 0.421. The van der Waals surface area contributed by atoms with E-state index in [4.69, 9.17) is 0 Å². The summed E-state index contributed by atoms with van der Waals surface area (Å²) in [5.41, 5.74) is 5.01. The van der Waals surface area contributed by atoms with E-state index in [9.17, 15) is 8.42 Å². The highest BCUT2D eigenvalue weighted by Gasteiger charge is 2.60. The van der Waals surface area contributed by atoms with Gasteiger partial charge in [0.1, 0.15) is 4.75 Å². The van der Waals surface area contributed by atoms with Gasteiger partial charge in [0.2, 0.25) is 0 Å². The van der Waals surface area contributed by atoms with Gasteiger partial charge in [-0.15, -0.1) is 0 Å². The second-order valence-corrected chi connectivity index (χ2v) is 8.37. The van der Waals surface area contributed by atoms with Gasteiger partial charge in [0, 0.05) is 17.2 Å². The van der Waals surface area contributed by atoms with Crippen LogP contribution in [0.1, 0.15) is 40.5 Å². The molecule has 1 atom stereocenters. The normalized spacial score (nSPS) is 33.3. The molecular weight excluding hydrogens is 280 g/mol.